The van der Waals surface area contributed by atoms with Crippen molar-refractivity contribution in [1.82, 2.24) is 15.0 Å². The lowest BCUT2D eigenvalue weighted by Crippen LogP contribution is -2.46. The summed E-state index contributed by atoms with van der Waals surface area (Å²) in [4.78, 5) is 32.5. The molecule has 28 heavy (non-hydrogen) atoms. The second-order valence-corrected chi connectivity index (χ2v) is 7.41. The van der Waals surface area contributed by atoms with E-state index in [9.17, 15) is 9.59 Å². The minimum Gasteiger partial charge on any atom is -0.449 e. The summed E-state index contributed by atoms with van der Waals surface area (Å²) >= 11 is 1.50. The number of ether oxygens (including phenoxy) is 2. The number of hydrogen-bond acceptors (Lipinski definition) is 8. The Labute approximate surface area is 165 Å². The molecule has 1 aliphatic rings. The molecular weight excluding hydrogens is 382 g/mol. The van der Waals surface area contributed by atoms with Crippen molar-refractivity contribution in [3.8, 4) is 10.6 Å². The third-order valence-corrected chi connectivity index (χ3v) is 5.46. The highest BCUT2D eigenvalue weighted by atomic mass is 32.1. The van der Waals surface area contributed by atoms with Gasteiger partial charge >= 0.3 is 5.97 Å². The second kappa shape index (κ2) is 7.69. The summed E-state index contributed by atoms with van der Waals surface area (Å²) < 4.78 is 16.0. The van der Waals surface area contributed by atoms with Crippen molar-refractivity contribution in [3.05, 3.63) is 34.8 Å². The highest BCUT2D eigenvalue weighted by molar-refractivity contribution is 7.13. The van der Waals surface area contributed by atoms with Crippen molar-refractivity contribution < 1.29 is 23.6 Å². The van der Waals surface area contributed by atoms with Gasteiger partial charge in [0.15, 0.2) is 6.10 Å². The topological polar surface area (TPSA) is 94.8 Å². The molecule has 8 nitrogen and oxygen atoms in total. The van der Waals surface area contributed by atoms with Crippen molar-refractivity contribution in [1.29, 1.82) is 0 Å². The molecule has 0 bridgehead atoms. The number of thiophene rings is 1. The third kappa shape index (κ3) is 3.50. The lowest BCUT2D eigenvalue weighted by molar-refractivity contribution is -0.143. The van der Waals surface area contributed by atoms with Crippen LogP contribution in [0.5, 0.6) is 0 Å². The fraction of sp³-hybridized carbons (Fsp3) is 0.368. The van der Waals surface area contributed by atoms with E-state index in [-0.39, 0.29) is 17.2 Å². The summed E-state index contributed by atoms with van der Waals surface area (Å²) in [5.74, 6) is -0.840. The summed E-state index contributed by atoms with van der Waals surface area (Å²) in [7, 11) is 0. The maximum atomic E-state index is 12.9. The van der Waals surface area contributed by atoms with Gasteiger partial charge in [0.1, 0.15) is 0 Å². The van der Waals surface area contributed by atoms with E-state index in [1.807, 2.05) is 17.5 Å². The van der Waals surface area contributed by atoms with Crippen LogP contribution in [0, 0.1) is 6.92 Å². The first-order valence-electron chi connectivity index (χ1n) is 8.93. The summed E-state index contributed by atoms with van der Waals surface area (Å²) in [5, 5.41) is 6.34. The van der Waals surface area contributed by atoms with E-state index in [1.54, 1.807) is 24.8 Å². The van der Waals surface area contributed by atoms with Crippen LogP contribution in [0.4, 0.5) is 0 Å². The van der Waals surface area contributed by atoms with E-state index in [1.165, 1.54) is 11.3 Å². The number of nitrogens with zero attached hydrogens (tertiary/aromatic N) is 3. The van der Waals surface area contributed by atoms with Crippen LogP contribution in [-0.2, 0) is 14.3 Å². The molecule has 0 spiro atoms. The molecule has 1 fully saturated rings. The number of carbonyl (C=O) groups excluding carboxylic acids is 2. The number of morpholine rings is 1. The maximum Gasteiger partial charge on any atom is 0.339 e. The van der Waals surface area contributed by atoms with Crippen LogP contribution in [0.2, 0.25) is 0 Å². The number of aryl methyl sites for hydroxylation is 1. The molecule has 9 heteroatoms. The summed E-state index contributed by atoms with van der Waals surface area (Å²) in [6.07, 6.45) is -0.904. The van der Waals surface area contributed by atoms with Gasteiger partial charge in [-0.1, -0.05) is 11.2 Å². The van der Waals surface area contributed by atoms with Gasteiger partial charge in [0.05, 0.1) is 40.4 Å². The molecule has 4 heterocycles. The van der Waals surface area contributed by atoms with Crippen LogP contribution < -0.4 is 0 Å². The van der Waals surface area contributed by atoms with E-state index in [2.05, 4.69) is 10.1 Å². The largest absolute Gasteiger partial charge is 0.449 e. The second-order valence-electron chi connectivity index (χ2n) is 6.47. The first-order chi connectivity index (χ1) is 13.5. The fourth-order valence-electron chi connectivity index (χ4n) is 3.12. The van der Waals surface area contributed by atoms with Crippen LogP contribution in [0.3, 0.4) is 0 Å². The number of rotatable bonds is 4. The standard InChI is InChI=1S/C19H19N3O5S/c1-11-16-13(10-14(15-4-3-9-28-15)20-17(16)27-21-11)19(24)26-12(2)18(23)22-5-7-25-8-6-22/h3-4,9-10,12H,5-8H2,1-2H3. The van der Waals surface area contributed by atoms with Crippen molar-refractivity contribution in [2.24, 2.45) is 0 Å². The molecule has 0 saturated carbocycles. The smallest absolute Gasteiger partial charge is 0.339 e. The summed E-state index contributed by atoms with van der Waals surface area (Å²) in [6, 6.07) is 5.47. The average molecular weight is 401 g/mol. The molecule has 1 unspecified atom stereocenters. The van der Waals surface area contributed by atoms with Crippen LogP contribution in [-0.4, -0.2) is 59.3 Å². The van der Waals surface area contributed by atoms with Gasteiger partial charge in [0.25, 0.3) is 11.6 Å². The Kier molecular flexibility index (Phi) is 5.10. The summed E-state index contributed by atoms with van der Waals surface area (Å²) in [5.41, 5.74) is 1.69. The predicted octanol–water partition coefficient (Wildman–Crippen LogP) is 2.66. The number of fused-ring (bicyclic) bond motifs is 1. The van der Waals surface area contributed by atoms with Crippen LogP contribution in [0.1, 0.15) is 23.0 Å². The van der Waals surface area contributed by atoms with E-state index < -0.39 is 12.1 Å². The average Bonchev–Trinajstić information content (AvgIpc) is 3.37. The number of aromatic nitrogens is 2. The number of pyridine rings is 1. The van der Waals surface area contributed by atoms with Crippen molar-refractivity contribution >= 4 is 34.3 Å². The van der Waals surface area contributed by atoms with Gasteiger partial charge in [-0.3, -0.25) is 4.79 Å². The quantitative estimate of drug-likeness (QED) is 0.620. The molecule has 4 rings (SSSR count). The highest BCUT2D eigenvalue weighted by Gasteiger charge is 2.28. The van der Waals surface area contributed by atoms with Crippen LogP contribution in [0.15, 0.2) is 28.1 Å². The normalized spacial score (nSPS) is 15.6. The number of carbonyl (C=O) groups is 2. The number of esters is 1. The molecule has 0 N–H and O–H groups in total. The summed E-state index contributed by atoms with van der Waals surface area (Å²) in [6.45, 7) is 5.27. The van der Waals surface area contributed by atoms with E-state index >= 15 is 0 Å². The molecule has 0 aromatic carbocycles. The Morgan fingerprint density at radius 2 is 2.11 bits per heavy atom. The highest BCUT2D eigenvalue weighted by Crippen LogP contribution is 2.30. The van der Waals surface area contributed by atoms with Crippen molar-refractivity contribution in [2.45, 2.75) is 20.0 Å². The van der Waals surface area contributed by atoms with Gasteiger partial charge in [-0.05, 0) is 31.4 Å². The van der Waals surface area contributed by atoms with E-state index in [4.69, 9.17) is 14.0 Å². The minimum atomic E-state index is -0.904. The molecule has 146 valence electrons. The molecule has 1 amide bonds. The lowest BCUT2D eigenvalue weighted by Gasteiger charge is -2.29. The van der Waals surface area contributed by atoms with Gasteiger partial charge in [0, 0.05) is 13.1 Å². The molecule has 1 aliphatic heterocycles. The molecule has 0 radical (unpaired) electrons. The van der Waals surface area contributed by atoms with Gasteiger partial charge in [0.2, 0.25) is 0 Å². The molecule has 3 aromatic rings. The number of hydrogen-bond donors (Lipinski definition) is 0. The lowest BCUT2D eigenvalue weighted by atomic mass is 10.1. The Morgan fingerprint density at radius 1 is 1.32 bits per heavy atom. The van der Waals surface area contributed by atoms with Crippen LogP contribution >= 0.6 is 11.3 Å². The Bertz CT molecular complexity index is 1010. The van der Waals surface area contributed by atoms with Crippen LogP contribution in [0.25, 0.3) is 21.7 Å². The molecule has 1 saturated heterocycles. The molecule has 1 atom stereocenters. The first-order valence-corrected chi connectivity index (χ1v) is 9.81. The SMILES string of the molecule is Cc1noc2nc(-c3cccs3)cc(C(=O)OC(C)C(=O)N3CCOCC3)c12. The monoisotopic (exact) mass is 401 g/mol. The van der Waals surface area contributed by atoms with Gasteiger partial charge in [-0.2, -0.15) is 0 Å². The Hall–Kier alpha value is -2.78. The fourth-order valence-corrected chi connectivity index (χ4v) is 3.81. The molecule has 3 aromatic heterocycles. The van der Waals surface area contributed by atoms with E-state index in [0.717, 1.165) is 4.88 Å². The zero-order chi connectivity index (χ0) is 19.7. The minimum absolute atomic E-state index is 0.234. The zero-order valence-electron chi connectivity index (χ0n) is 15.5. The van der Waals surface area contributed by atoms with Gasteiger partial charge in [-0.15, -0.1) is 11.3 Å². The van der Waals surface area contributed by atoms with E-state index in [0.29, 0.717) is 43.1 Å². The van der Waals surface area contributed by atoms with Crippen molar-refractivity contribution in [2.75, 3.05) is 26.3 Å². The molecular formula is C19H19N3O5S. The number of amides is 1. The Balaban J connectivity index is 1.62. The van der Waals surface area contributed by atoms with Gasteiger partial charge < -0.3 is 18.9 Å². The predicted molar refractivity (Wildman–Crippen MR) is 102 cm³/mol. The first kappa shape index (κ1) is 18.6. The molecule has 0 aliphatic carbocycles. The Morgan fingerprint density at radius 3 is 2.82 bits per heavy atom. The van der Waals surface area contributed by atoms with Gasteiger partial charge in [-0.25, -0.2) is 9.78 Å². The third-order valence-electron chi connectivity index (χ3n) is 4.56. The maximum absolute atomic E-state index is 12.9. The zero-order valence-corrected chi connectivity index (χ0v) is 16.3. The van der Waals surface area contributed by atoms with Crippen molar-refractivity contribution in [3.63, 3.8) is 0 Å².